The van der Waals surface area contributed by atoms with Crippen molar-refractivity contribution in [2.45, 2.75) is 26.7 Å². The van der Waals surface area contributed by atoms with Crippen LogP contribution in [0.3, 0.4) is 0 Å². The second-order valence-electron chi connectivity index (χ2n) is 4.76. The van der Waals surface area contributed by atoms with Gasteiger partial charge in [0.25, 0.3) is 0 Å². The largest absolute Gasteiger partial charge is 0.212 e. The van der Waals surface area contributed by atoms with Crippen molar-refractivity contribution in [3.8, 4) is 11.9 Å². The minimum absolute atomic E-state index is 0.507. The highest BCUT2D eigenvalue weighted by Gasteiger charge is 2.17. The van der Waals surface area contributed by atoms with Crippen LogP contribution in [0.25, 0.3) is 16.7 Å². The number of nitriles is 1. The molecule has 0 atom stereocenters. The van der Waals surface area contributed by atoms with Crippen LogP contribution >= 0.6 is 0 Å². The molecule has 5 heteroatoms. The molecule has 21 heavy (non-hydrogen) atoms. The smallest absolute Gasteiger partial charge is 0.194 e. The minimum atomic E-state index is 0.507. The lowest BCUT2D eigenvalue weighted by Gasteiger charge is -2.10. The lowest BCUT2D eigenvalue weighted by atomic mass is 10.0. The topological polar surface area (TPSA) is 67.4 Å². The third-order valence-electron chi connectivity index (χ3n) is 3.62. The van der Waals surface area contributed by atoms with Gasteiger partial charge < -0.3 is 0 Å². The molecule has 0 aliphatic carbocycles. The quantitative estimate of drug-likeness (QED) is 0.738. The van der Waals surface area contributed by atoms with Gasteiger partial charge in [0.15, 0.2) is 5.82 Å². The second-order valence-corrected chi connectivity index (χ2v) is 4.76. The van der Waals surface area contributed by atoms with Crippen molar-refractivity contribution in [2.75, 3.05) is 0 Å². The number of para-hydroxylation sites is 1. The van der Waals surface area contributed by atoms with E-state index in [1.165, 1.54) is 0 Å². The molecular weight excluding hydrogens is 262 g/mol. The first kappa shape index (κ1) is 13.3. The Morgan fingerprint density at radius 2 is 1.95 bits per heavy atom. The number of nitrogens with zero attached hydrogens (tertiary/aromatic N) is 5. The second kappa shape index (κ2) is 5.33. The average Bonchev–Trinajstić information content (AvgIpc) is 2.97. The van der Waals surface area contributed by atoms with Crippen molar-refractivity contribution in [2.24, 2.45) is 0 Å². The standard InChI is InChI=1S/C16H15N5/c1-3-12-13(9-17)16(20-19-14(12)4-2)21-15-8-6-5-7-11(15)10-18-21/h5-8,10H,3-4H2,1-2H3. The van der Waals surface area contributed by atoms with E-state index in [1.807, 2.05) is 38.1 Å². The number of aryl methyl sites for hydroxylation is 1. The zero-order valence-corrected chi connectivity index (χ0v) is 12.0. The Morgan fingerprint density at radius 1 is 1.14 bits per heavy atom. The molecule has 3 rings (SSSR count). The fraction of sp³-hybridized carbons (Fsp3) is 0.250. The molecule has 0 saturated carbocycles. The van der Waals surface area contributed by atoms with Gasteiger partial charge in [-0.05, 0) is 24.5 Å². The average molecular weight is 277 g/mol. The molecule has 5 nitrogen and oxygen atoms in total. The van der Waals surface area contributed by atoms with Gasteiger partial charge in [-0.2, -0.15) is 15.5 Å². The third-order valence-corrected chi connectivity index (χ3v) is 3.62. The Labute approximate surface area is 122 Å². The lowest BCUT2D eigenvalue weighted by Crippen LogP contribution is -2.10. The Morgan fingerprint density at radius 3 is 2.67 bits per heavy atom. The molecule has 0 aliphatic heterocycles. The van der Waals surface area contributed by atoms with Gasteiger partial charge in [0.1, 0.15) is 11.6 Å². The van der Waals surface area contributed by atoms with Crippen LogP contribution in [-0.2, 0) is 12.8 Å². The minimum Gasteiger partial charge on any atom is -0.212 e. The van der Waals surface area contributed by atoms with Crippen LogP contribution in [0, 0.1) is 11.3 Å². The molecule has 104 valence electrons. The molecule has 0 amide bonds. The number of fused-ring (bicyclic) bond motifs is 1. The zero-order valence-electron chi connectivity index (χ0n) is 12.0. The maximum atomic E-state index is 9.56. The number of benzene rings is 1. The van der Waals surface area contributed by atoms with E-state index in [-0.39, 0.29) is 0 Å². The van der Waals surface area contributed by atoms with E-state index in [1.54, 1.807) is 10.9 Å². The monoisotopic (exact) mass is 277 g/mol. The summed E-state index contributed by atoms with van der Waals surface area (Å²) in [6.45, 7) is 4.05. The van der Waals surface area contributed by atoms with Gasteiger partial charge in [0, 0.05) is 5.39 Å². The number of aromatic nitrogens is 4. The van der Waals surface area contributed by atoms with Crippen LogP contribution in [0.15, 0.2) is 30.5 Å². The molecule has 2 heterocycles. The first-order chi connectivity index (χ1) is 10.3. The maximum Gasteiger partial charge on any atom is 0.194 e. The van der Waals surface area contributed by atoms with Gasteiger partial charge in [0.05, 0.1) is 17.4 Å². The summed E-state index contributed by atoms with van der Waals surface area (Å²) < 4.78 is 1.69. The normalized spacial score (nSPS) is 10.7. The van der Waals surface area contributed by atoms with E-state index in [0.717, 1.165) is 35.0 Å². The van der Waals surface area contributed by atoms with Gasteiger partial charge in [-0.15, -0.1) is 5.10 Å². The van der Waals surface area contributed by atoms with Crippen LogP contribution in [0.4, 0.5) is 0 Å². The van der Waals surface area contributed by atoms with Crippen LogP contribution in [-0.4, -0.2) is 20.0 Å². The van der Waals surface area contributed by atoms with E-state index < -0.39 is 0 Å². The number of hydrogen-bond acceptors (Lipinski definition) is 4. The van der Waals surface area contributed by atoms with Crippen molar-refractivity contribution in [1.82, 2.24) is 20.0 Å². The zero-order chi connectivity index (χ0) is 14.8. The highest BCUT2D eigenvalue weighted by molar-refractivity contribution is 5.80. The summed E-state index contributed by atoms with van der Waals surface area (Å²) >= 11 is 0. The first-order valence-electron chi connectivity index (χ1n) is 7.01. The predicted molar refractivity (Wildman–Crippen MR) is 80.1 cm³/mol. The van der Waals surface area contributed by atoms with E-state index in [9.17, 15) is 5.26 Å². The Hall–Kier alpha value is -2.74. The Balaban J connectivity index is 2.30. The van der Waals surface area contributed by atoms with Crippen LogP contribution in [0.2, 0.25) is 0 Å². The van der Waals surface area contributed by atoms with Crippen LogP contribution in [0.5, 0.6) is 0 Å². The molecule has 1 aromatic carbocycles. The van der Waals surface area contributed by atoms with Gasteiger partial charge in [-0.25, -0.2) is 4.68 Å². The third kappa shape index (κ3) is 2.05. The molecular formula is C16H15N5. The van der Waals surface area contributed by atoms with Gasteiger partial charge in [0.2, 0.25) is 0 Å². The summed E-state index contributed by atoms with van der Waals surface area (Å²) in [7, 11) is 0. The molecule has 0 unspecified atom stereocenters. The summed E-state index contributed by atoms with van der Waals surface area (Å²) in [6, 6.07) is 10.1. The summed E-state index contributed by atoms with van der Waals surface area (Å²) in [6.07, 6.45) is 3.30. The highest BCUT2D eigenvalue weighted by Crippen LogP contribution is 2.22. The predicted octanol–water partition coefficient (Wildman–Crippen LogP) is 2.81. The van der Waals surface area contributed by atoms with Crippen molar-refractivity contribution < 1.29 is 0 Å². The number of rotatable bonds is 3. The molecule has 0 fully saturated rings. The summed E-state index contributed by atoms with van der Waals surface area (Å²) in [5.74, 6) is 0.507. The van der Waals surface area contributed by atoms with Crippen molar-refractivity contribution in [1.29, 1.82) is 5.26 Å². The fourth-order valence-electron chi connectivity index (χ4n) is 2.57. The van der Waals surface area contributed by atoms with E-state index in [2.05, 4.69) is 21.4 Å². The van der Waals surface area contributed by atoms with Gasteiger partial charge >= 0.3 is 0 Å². The van der Waals surface area contributed by atoms with Crippen molar-refractivity contribution >= 4 is 10.9 Å². The first-order valence-corrected chi connectivity index (χ1v) is 7.01. The van der Waals surface area contributed by atoms with Crippen LogP contribution in [0.1, 0.15) is 30.7 Å². The molecule has 0 saturated heterocycles. The molecule has 0 aliphatic rings. The molecule has 2 aromatic heterocycles. The molecule has 0 N–H and O–H groups in total. The molecule has 0 bridgehead atoms. The summed E-state index contributed by atoms with van der Waals surface area (Å²) in [5.41, 5.74) is 3.34. The lowest BCUT2D eigenvalue weighted by molar-refractivity contribution is 0.793. The Bertz CT molecular complexity index is 841. The van der Waals surface area contributed by atoms with Crippen molar-refractivity contribution in [3.63, 3.8) is 0 Å². The molecule has 0 radical (unpaired) electrons. The van der Waals surface area contributed by atoms with E-state index >= 15 is 0 Å². The fourth-order valence-corrected chi connectivity index (χ4v) is 2.57. The summed E-state index contributed by atoms with van der Waals surface area (Å²) in [5, 5.41) is 23.5. The summed E-state index contributed by atoms with van der Waals surface area (Å²) in [4.78, 5) is 0. The maximum absolute atomic E-state index is 9.56. The van der Waals surface area contributed by atoms with E-state index in [4.69, 9.17) is 0 Å². The van der Waals surface area contributed by atoms with Crippen molar-refractivity contribution in [3.05, 3.63) is 47.3 Å². The van der Waals surface area contributed by atoms with Crippen LogP contribution < -0.4 is 0 Å². The number of hydrogen-bond donors (Lipinski definition) is 0. The molecule has 0 spiro atoms. The SMILES string of the molecule is CCc1nnc(-n2ncc3ccccc32)c(C#N)c1CC. The van der Waals surface area contributed by atoms with Gasteiger partial charge in [-0.3, -0.25) is 0 Å². The van der Waals surface area contributed by atoms with Gasteiger partial charge in [-0.1, -0.05) is 32.0 Å². The Kier molecular flexibility index (Phi) is 3.36. The molecule has 3 aromatic rings. The van der Waals surface area contributed by atoms with E-state index in [0.29, 0.717) is 11.4 Å². The highest BCUT2D eigenvalue weighted by atomic mass is 15.3.